The van der Waals surface area contributed by atoms with Crippen LogP contribution in [0.4, 0.5) is 0 Å². The van der Waals surface area contributed by atoms with E-state index in [0.29, 0.717) is 16.9 Å². The van der Waals surface area contributed by atoms with Gasteiger partial charge in [-0.2, -0.15) is 11.8 Å². The second kappa shape index (κ2) is 19.7. The lowest BCUT2D eigenvalue weighted by atomic mass is 10.0. The third-order valence-electron chi connectivity index (χ3n) is 7.09. The second-order valence-corrected chi connectivity index (χ2v) is 11.9. The molecular formula is C31H42N6O10S. The minimum Gasteiger partial charge on any atom is -0.508 e. The highest BCUT2D eigenvalue weighted by Crippen LogP contribution is 2.14. The van der Waals surface area contributed by atoms with Crippen LogP contribution < -0.4 is 32.7 Å². The first-order valence-electron chi connectivity index (χ1n) is 14.9. The molecule has 2 rings (SSSR count). The van der Waals surface area contributed by atoms with Crippen LogP contribution in [0.5, 0.6) is 11.5 Å². The van der Waals surface area contributed by atoms with Crippen LogP contribution in [-0.4, -0.2) is 105 Å². The monoisotopic (exact) mass is 690 g/mol. The number of nitrogens with two attached hydrogens (primary N) is 2. The molecule has 262 valence electrons. The van der Waals surface area contributed by atoms with Gasteiger partial charge in [0.15, 0.2) is 0 Å². The quantitative estimate of drug-likeness (QED) is 0.0740. The number of amides is 5. The van der Waals surface area contributed by atoms with Crippen molar-refractivity contribution < 1.29 is 49.2 Å². The number of rotatable bonds is 20. The summed E-state index contributed by atoms with van der Waals surface area (Å²) in [7, 11) is 0. The maximum Gasteiger partial charge on any atom is 0.326 e. The molecule has 0 aliphatic heterocycles. The average molecular weight is 691 g/mol. The van der Waals surface area contributed by atoms with Crippen molar-refractivity contribution in [2.45, 2.75) is 62.3 Å². The zero-order valence-corrected chi connectivity index (χ0v) is 27.1. The molecular weight excluding hydrogens is 648 g/mol. The summed E-state index contributed by atoms with van der Waals surface area (Å²) >= 11 is 1.37. The molecule has 0 aliphatic rings. The number of carbonyl (C=O) groups is 6. The Hall–Kier alpha value is -4.87. The molecule has 0 aliphatic carbocycles. The summed E-state index contributed by atoms with van der Waals surface area (Å²) in [6.07, 6.45) is 1.06. The van der Waals surface area contributed by atoms with Crippen molar-refractivity contribution in [3.05, 3.63) is 59.7 Å². The number of carbonyl (C=O) groups excluding carboxylic acids is 5. The molecule has 5 atom stereocenters. The Morgan fingerprint density at radius 2 is 1.10 bits per heavy atom. The van der Waals surface area contributed by atoms with E-state index in [4.69, 9.17) is 11.5 Å². The Kier molecular flexibility index (Phi) is 16.1. The molecule has 0 saturated carbocycles. The number of hydrogen-bond donors (Lipinski definition) is 10. The van der Waals surface area contributed by atoms with Crippen LogP contribution in [0.15, 0.2) is 48.5 Å². The summed E-state index contributed by atoms with van der Waals surface area (Å²) in [4.78, 5) is 76.1. The lowest BCUT2D eigenvalue weighted by molar-refractivity contribution is -0.142. The van der Waals surface area contributed by atoms with Gasteiger partial charge >= 0.3 is 5.97 Å². The fraction of sp³-hybridized carbons (Fsp3) is 0.419. The van der Waals surface area contributed by atoms with Gasteiger partial charge in [-0.1, -0.05) is 24.3 Å². The van der Waals surface area contributed by atoms with E-state index in [0.717, 1.165) is 0 Å². The second-order valence-electron chi connectivity index (χ2n) is 10.9. The largest absolute Gasteiger partial charge is 0.508 e. The van der Waals surface area contributed by atoms with Crippen LogP contribution in [0.3, 0.4) is 0 Å². The topological polar surface area (TPSA) is 284 Å². The molecule has 5 amide bonds. The smallest absolute Gasteiger partial charge is 0.326 e. The van der Waals surface area contributed by atoms with Crippen LogP contribution in [0.1, 0.15) is 30.4 Å². The molecule has 12 N–H and O–H groups in total. The normalized spacial score (nSPS) is 14.0. The molecule has 17 heteroatoms. The SMILES string of the molecule is CSCC[C@H](NC(=O)[C@H](Cc1ccc(O)cc1)NC(=O)[C@H](Cc1ccc(O)cc1)NC(=O)[C@@H](N)CO)C(=O)N[C@@H](CCC(N)=O)C(=O)O. The Morgan fingerprint density at radius 1 is 0.688 bits per heavy atom. The van der Waals surface area contributed by atoms with Gasteiger partial charge in [-0.25, -0.2) is 4.79 Å². The molecule has 16 nitrogen and oxygen atoms in total. The number of carboxylic acids is 1. The number of nitrogens with one attached hydrogen (secondary N) is 4. The summed E-state index contributed by atoms with van der Waals surface area (Å²) in [5, 5.41) is 48.2. The zero-order chi connectivity index (χ0) is 35.8. The van der Waals surface area contributed by atoms with Gasteiger partial charge in [-0.3, -0.25) is 24.0 Å². The van der Waals surface area contributed by atoms with Crippen LogP contribution in [0, 0.1) is 0 Å². The van der Waals surface area contributed by atoms with E-state index in [2.05, 4.69) is 21.3 Å². The average Bonchev–Trinajstić information content (AvgIpc) is 3.05. The Bertz CT molecular complexity index is 1410. The number of aliphatic hydroxyl groups is 1. The van der Waals surface area contributed by atoms with Crippen LogP contribution in [0.2, 0.25) is 0 Å². The number of thioether (sulfide) groups is 1. The summed E-state index contributed by atoms with van der Waals surface area (Å²) in [6.45, 7) is -0.698. The van der Waals surface area contributed by atoms with E-state index in [1.807, 2.05) is 0 Å². The molecule has 0 fully saturated rings. The first-order chi connectivity index (χ1) is 22.7. The summed E-state index contributed by atoms with van der Waals surface area (Å²) in [6, 6.07) is 4.93. The van der Waals surface area contributed by atoms with E-state index in [-0.39, 0.29) is 43.6 Å². The minimum absolute atomic E-state index is 0.0284. The van der Waals surface area contributed by atoms with Crippen molar-refractivity contribution in [3.63, 3.8) is 0 Å². The molecule has 0 radical (unpaired) electrons. The number of aliphatic hydroxyl groups excluding tert-OH is 1. The molecule has 2 aromatic rings. The van der Waals surface area contributed by atoms with Gasteiger partial charge in [-0.05, 0) is 60.2 Å². The third-order valence-corrected chi connectivity index (χ3v) is 7.73. The minimum atomic E-state index is -1.46. The molecule has 2 aromatic carbocycles. The molecule has 0 aromatic heterocycles. The van der Waals surface area contributed by atoms with Crippen LogP contribution >= 0.6 is 11.8 Å². The number of hydrogen-bond acceptors (Lipinski definition) is 11. The molecule has 48 heavy (non-hydrogen) atoms. The number of phenols is 2. The van der Waals surface area contributed by atoms with E-state index >= 15 is 0 Å². The molecule has 0 heterocycles. The van der Waals surface area contributed by atoms with Crippen LogP contribution in [-0.2, 0) is 41.6 Å². The van der Waals surface area contributed by atoms with Gasteiger partial charge in [0, 0.05) is 19.3 Å². The predicted octanol–water partition coefficient (Wildman–Crippen LogP) is -1.75. The molecule has 0 saturated heterocycles. The lowest BCUT2D eigenvalue weighted by Gasteiger charge is -2.26. The number of aliphatic carboxylic acids is 1. The van der Waals surface area contributed by atoms with E-state index in [1.54, 1.807) is 6.26 Å². The van der Waals surface area contributed by atoms with Gasteiger partial charge in [0.1, 0.15) is 41.7 Å². The first-order valence-corrected chi connectivity index (χ1v) is 16.3. The summed E-state index contributed by atoms with van der Waals surface area (Å²) < 4.78 is 0. The van der Waals surface area contributed by atoms with Gasteiger partial charge < -0.3 is 53.2 Å². The molecule has 0 bridgehead atoms. The van der Waals surface area contributed by atoms with E-state index in [9.17, 15) is 49.2 Å². The van der Waals surface area contributed by atoms with Crippen molar-refractivity contribution in [1.29, 1.82) is 0 Å². The molecule has 0 spiro atoms. The Morgan fingerprint density at radius 3 is 1.52 bits per heavy atom. The van der Waals surface area contributed by atoms with Gasteiger partial charge in [0.2, 0.25) is 29.5 Å². The lowest BCUT2D eigenvalue weighted by Crippen LogP contribution is -2.59. The van der Waals surface area contributed by atoms with Crippen molar-refractivity contribution in [1.82, 2.24) is 21.3 Å². The summed E-state index contributed by atoms with van der Waals surface area (Å²) in [5.74, 6) is -5.15. The predicted molar refractivity (Wildman–Crippen MR) is 175 cm³/mol. The highest BCUT2D eigenvalue weighted by atomic mass is 32.2. The number of primary amides is 1. The highest BCUT2D eigenvalue weighted by Gasteiger charge is 2.32. The fourth-order valence-electron chi connectivity index (χ4n) is 4.38. The maximum atomic E-state index is 13.8. The van der Waals surface area contributed by atoms with Crippen molar-refractivity contribution in [2.24, 2.45) is 11.5 Å². The van der Waals surface area contributed by atoms with Crippen LogP contribution in [0.25, 0.3) is 0 Å². The number of carboxylic acid groups (broad SMARTS) is 1. The van der Waals surface area contributed by atoms with E-state index < -0.39 is 72.3 Å². The first kappa shape index (κ1) is 39.3. The Balaban J connectivity index is 2.38. The van der Waals surface area contributed by atoms with Gasteiger partial charge in [-0.15, -0.1) is 0 Å². The zero-order valence-electron chi connectivity index (χ0n) is 26.3. The maximum absolute atomic E-state index is 13.8. The number of benzene rings is 2. The van der Waals surface area contributed by atoms with Gasteiger partial charge in [0.05, 0.1) is 6.61 Å². The van der Waals surface area contributed by atoms with Gasteiger partial charge in [0.25, 0.3) is 0 Å². The van der Waals surface area contributed by atoms with Crippen molar-refractivity contribution in [2.75, 3.05) is 18.6 Å². The highest BCUT2D eigenvalue weighted by molar-refractivity contribution is 7.98. The van der Waals surface area contributed by atoms with Crippen molar-refractivity contribution in [3.8, 4) is 11.5 Å². The standard InChI is InChI=1S/C31H42N6O10S/c1-48-13-12-22(28(43)35-23(31(46)47)10-11-26(33)41)34-29(44)25(15-18-4-8-20(40)9-5-18)37-30(45)24(36-27(42)21(32)16-38)14-17-2-6-19(39)7-3-17/h2-9,21-25,38-40H,10-16,32H2,1H3,(H2,33,41)(H,34,44)(H,35,43)(H,36,42)(H,37,45)(H,46,47)/t21-,22-,23-,24-,25-/m0/s1. The summed E-state index contributed by atoms with van der Waals surface area (Å²) in [5.41, 5.74) is 11.8. The number of phenolic OH excluding ortho intramolecular Hbond substituents is 2. The number of aromatic hydroxyl groups is 2. The fourth-order valence-corrected chi connectivity index (χ4v) is 4.85. The molecule has 0 unspecified atom stereocenters. The third kappa shape index (κ3) is 13.5. The Labute approximate surface area is 281 Å². The van der Waals surface area contributed by atoms with Crippen molar-refractivity contribution >= 4 is 47.3 Å². The van der Waals surface area contributed by atoms with E-state index in [1.165, 1.54) is 60.3 Å².